The van der Waals surface area contributed by atoms with Gasteiger partial charge in [-0.15, -0.1) is 0 Å². The van der Waals surface area contributed by atoms with E-state index in [-0.39, 0.29) is 6.04 Å². The zero-order valence-corrected chi connectivity index (χ0v) is 12.0. The van der Waals surface area contributed by atoms with Gasteiger partial charge in [-0.3, -0.25) is 0 Å². The van der Waals surface area contributed by atoms with Gasteiger partial charge < -0.3 is 9.88 Å². The van der Waals surface area contributed by atoms with Gasteiger partial charge in [0.25, 0.3) is 0 Å². The minimum absolute atomic E-state index is 0.132. The predicted molar refractivity (Wildman–Crippen MR) is 74.4 cm³/mol. The van der Waals surface area contributed by atoms with Gasteiger partial charge in [0.1, 0.15) is 5.82 Å². The molecule has 0 saturated carbocycles. The second-order valence-electron chi connectivity index (χ2n) is 3.89. The number of nitrogens with zero attached hydrogens (tertiary/aromatic N) is 2. The predicted octanol–water partition coefficient (Wildman–Crippen LogP) is 4.01. The Morgan fingerprint density at radius 1 is 1.47 bits per heavy atom. The van der Waals surface area contributed by atoms with Gasteiger partial charge >= 0.3 is 0 Å². The van der Waals surface area contributed by atoms with Crippen molar-refractivity contribution in [1.82, 2.24) is 9.55 Å². The maximum atomic E-state index is 6.05. The summed E-state index contributed by atoms with van der Waals surface area (Å²) in [7, 11) is 1.98. The van der Waals surface area contributed by atoms with Crippen molar-refractivity contribution in [2.75, 3.05) is 5.32 Å². The number of rotatable bonds is 3. The van der Waals surface area contributed by atoms with Crippen LogP contribution in [0.2, 0.25) is 5.02 Å². The maximum absolute atomic E-state index is 6.05. The molecule has 1 N–H and O–H groups in total. The Morgan fingerprint density at radius 2 is 2.24 bits per heavy atom. The fraction of sp³-hybridized carbons (Fsp3) is 0.250. The number of nitrogens with one attached hydrogen (secondary N) is 1. The van der Waals surface area contributed by atoms with Gasteiger partial charge in [-0.05, 0) is 41.1 Å². The van der Waals surface area contributed by atoms with E-state index in [1.807, 2.05) is 36.0 Å². The Balaban J connectivity index is 2.16. The van der Waals surface area contributed by atoms with Crippen LogP contribution in [-0.4, -0.2) is 9.55 Å². The molecule has 2 aromatic rings. The monoisotopic (exact) mass is 313 g/mol. The first-order valence-corrected chi connectivity index (χ1v) is 6.44. The Bertz CT molecular complexity index is 524. The van der Waals surface area contributed by atoms with Crippen LogP contribution >= 0.6 is 27.5 Å². The lowest BCUT2D eigenvalue weighted by molar-refractivity contribution is 0.722. The van der Waals surface area contributed by atoms with Crippen LogP contribution in [0.3, 0.4) is 0 Å². The summed E-state index contributed by atoms with van der Waals surface area (Å²) in [5.74, 6) is 0.990. The van der Waals surface area contributed by atoms with Crippen molar-refractivity contribution >= 4 is 33.2 Å². The van der Waals surface area contributed by atoms with E-state index >= 15 is 0 Å². The third-order valence-corrected chi connectivity index (χ3v) is 3.78. The van der Waals surface area contributed by atoms with Crippen molar-refractivity contribution in [2.45, 2.75) is 13.0 Å². The number of anilines is 1. The van der Waals surface area contributed by atoms with E-state index in [1.54, 1.807) is 6.20 Å². The van der Waals surface area contributed by atoms with Crippen LogP contribution in [0, 0.1) is 0 Å². The Morgan fingerprint density at radius 3 is 2.82 bits per heavy atom. The largest absolute Gasteiger partial charge is 0.375 e. The van der Waals surface area contributed by atoms with Gasteiger partial charge in [0.15, 0.2) is 0 Å². The molecule has 0 amide bonds. The van der Waals surface area contributed by atoms with Crippen LogP contribution in [0.5, 0.6) is 0 Å². The van der Waals surface area contributed by atoms with E-state index in [1.165, 1.54) is 0 Å². The molecule has 0 aliphatic carbocycles. The average Bonchev–Trinajstić information content (AvgIpc) is 2.70. The second kappa shape index (κ2) is 5.10. The van der Waals surface area contributed by atoms with E-state index in [4.69, 9.17) is 11.6 Å². The highest BCUT2D eigenvalue weighted by molar-refractivity contribution is 9.10. The molecule has 17 heavy (non-hydrogen) atoms. The minimum Gasteiger partial charge on any atom is -0.375 e. The topological polar surface area (TPSA) is 29.9 Å². The molecular weight excluding hydrogens is 302 g/mol. The Hall–Kier alpha value is -1.00. The van der Waals surface area contributed by atoms with E-state index < -0.39 is 0 Å². The SMILES string of the molecule is CC(Nc1ccc(Br)c(Cl)c1)c1nccn1C. The molecule has 90 valence electrons. The van der Waals surface area contributed by atoms with E-state index in [0.717, 1.165) is 16.0 Å². The smallest absolute Gasteiger partial charge is 0.130 e. The molecule has 0 fully saturated rings. The first kappa shape index (κ1) is 12.5. The van der Waals surface area contributed by atoms with Crippen LogP contribution < -0.4 is 5.32 Å². The molecule has 5 heteroatoms. The van der Waals surface area contributed by atoms with Crippen LogP contribution in [-0.2, 0) is 7.05 Å². The summed E-state index contributed by atoms with van der Waals surface area (Å²) < 4.78 is 2.90. The van der Waals surface area contributed by atoms with Gasteiger partial charge in [-0.2, -0.15) is 0 Å². The highest BCUT2D eigenvalue weighted by Crippen LogP contribution is 2.27. The van der Waals surface area contributed by atoms with E-state index in [0.29, 0.717) is 5.02 Å². The molecule has 1 heterocycles. The molecule has 1 aromatic heterocycles. The number of benzene rings is 1. The summed E-state index contributed by atoms with van der Waals surface area (Å²) >= 11 is 9.42. The van der Waals surface area contributed by atoms with Gasteiger partial charge in [0, 0.05) is 29.6 Å². The highest BCUT2D eigenvalue weighted by atomic mass is 79.9. The summed E-state index contributed by atoms with van der Waals surface area (Å²) in [5, 5.41) is 4.06. The molecule has 1 atom stereocenters. The van der Waals surface area contributed by atoms with Crippen LogP contribution in [0.15, 0.2) is 35.1 Å². The fourth-order valence-corrected chi connectivity index (χ4v) is 2.12. The normalized spacial score (nSPS) is 12.5. The Kier molecular flexibility index (Phi) is 3.74. The summed E-state index contributed by atoms with van der Waals surface area (Å²) in [5.41, 5.74) is 0.980. The first-order chi connectivity index (χ1) is 8.08. The second-order valence-corrected chi connectivity index (χ2v) is 5.15. The third kappa shape index (κ3) is 2.82. The van der Waals surface area contributed by atoms with Gasteiger partial charge in [0.05, 0.1) is 11.1 Å². The first-order valence-electron chi connectivity index (χ1n) is 5.26. The maximum Gasteiger partial charge on any atom is 0.130 e. The summed E-state index contributed by atoms with van der Waals surface area (Å²) in [6, 6.07) is 5.93. The molecule has 0 bridgehead atoms. The van der Waals surface area contributed by atoms with Crippen molar-refractivity contribution in [3.63, 3.8) is 0 Å². The lowest BCUT2D eigenvalue weighted by Crippen LogP contribution is -2.11. The summed E-state index contributed by atoms with van der Waals surface area (Å²) in [6.07, 6.45) is 3.73. The zero-order chi connectivity index (χ0) is 12.4. The number of aryl methyl sites for hydroxylation is 1. The molecule has 0 aliphatic heterocycles. The number of hydrogen-bond acceptors (Lipinski definition) is 2. The molecule has 2 rings (SSSR count). The number of imidazole rings is 1. The lowest BCUT2D eigenvalue weighted by atomic mass is 10.2. The molecule has 0 aliphatic rings. The number of hydrogen-bond donors (Lipinski definition) is 1. The fourth-order valence-electron chi connectivity index (χ4n) is 1.69. The standard InChI is InChI=1S/C12H13BrClN3/c1-8(12-15-5-6-17(12)2)16-9-3-4-10(13)11(14)7-9/h3-8,16H,1-2H3. The summed E-state index contributed by atoms with van der Waals surface area (Å²) in [6.45, 7) is 2.07. The van der Waals surface area contributed by atoms with Crippen molar-refractivity contribution in [1.29, 1.82) is 0 Å². The van der Waals surface area contributed by atoms with Gasteiger partial charge in [-0.25, -0.2) is 4.98 Å². The van der Waals surface area contributed by atoms with E-state index in [9.17, 15) is 0 Å². The molecule has 1 aromatic carbocycles. The molecule has 0 spiro atoms. The van der Waals surface area contributed by atoms with Gasteiger partial charge in [-0.1, -0.05) is 11.6 Å². The average molecular weight is 315 g/mol. The number of aromatic nitrogens is 2. The molecule has 0 saturated heterocycles. The molecule has 0 radical (unpaired) electrons. The van der Waals surface area contributed by atoms with E-state index in [2.05, 4.69) is 33.2 Å². The minimum atomic E-state index is 0.132. The molecule has 1 unspecified atom stereocenters. The number of halogens is 2. The van der Waals surface area contributed by atoms with Crippen LogP contribution in [0.1, 0.15) is 18.8 Å². The zero-order valence-electron chi connectivity index (χ0n) is 9.61. The van der Waals surface area contributed by atoms with Crippen molar-refractivity contribution in [2.24, 2.45) is 7.05 Å². The third-order valence-electron chi connectivity index (χ3n) is 2.55. The van der Waals surface area contributed by atoms with Crippen LogP contribution in [0.25, 0.3) is 0 Å². The van der Waals surface area contributed by atoms with Crippen molar-refractivity contribution < 1.29 is 0 Å². The Labute approximate surface area is 114 Å². The van der Waals surface area contributed by atoms with Crippen molar-refractivity contribution in [3.8, 4) is 0 Å². The lowest BCUT2D eigenvalue weighted by Gasteiger charge is -2.15. The summed E-state index contributed by atoms with van der Waals surface area (Å²) in [4.78, 5) is 4.31. The quantitative estimate of drug-likeness (QED) is 0.927. The van der Waals surface area contributed by atoms with Crippen molar-refractivity contribution in [3.05, 3.63) is 45.9 Å². The molecular formula is C12H13BrClN3. The van der Waals surface area contributed by atoms with Gasteiger partial charge in [0.2, 0.25) is 0 Å². The van der Waals surface area contributed by atoms with Crippen LogP contribution in [0.4, 0.5) is 5.69 Å². The molecule has 3 nitrogen and oxygen atoms in total. The highest BCUT2D eigenvalue weighted by Gasteiger charge is 2.10.